The second-order valence-corrected chi connectivity index (χ2v) is 4.73. The molecule has 0 bridgehead atoms. The second kappa shape index (κ2) is 4.42. The highest BCUT2D eigenvalue weighted by Crippen LogP contribution is 2.28. The minimum absolute atomic E-state index is 0.0456. The first-order valence-corrected chi connectivity index (χ1v) is 6.33. The molecule has 0 amide bonds. The Hall–Kier alpha value is -1.87. The number of para-hydroxylation sites is 1. The molecule has 3 heteroatoms. The number of rotatable bonds is 1. The van der Waals surface area contributed by atoms with Crippen molar-refractivity contribution < 1.29 is 4.42 Å². The molecule has 0 unspecified atom stereocenters. The molecule has 0 saturated heterocycles. The molecule has 2 aromatic carbocycles. The van der Waals surface area contributed by atoms with Crippen LogP contribution in [0.2, 0.25) is 0 Å². The highest BCUT2D eigenvalue weighted by atomic mass is 79.9. The first kappa shape index (κ1) is 11.2. The van der Waals surface area contributed by atoms with Gasteiger partial charge in [-0.05, 0) is 28.1 Å². The Morgan fingerprint density at radius 2 is 1.56 bits per heavy atom. The number of halogens is 1. The number of hydrogen-bond acceptors (Lipinski definition) is 2. The van der Waals surface area contributed by atoms with Crippen LogP contribution < -0.4 is 5.43 Å². The lowest BCUT2D eigenvalue weighted by Gasteiger charge is -2.05. The van der Waals surface area contributed by atoms with Crippen LogP contribution in [0.5, 0.6) is 0 Å². The van der Waals surface area contributed by atoms with E-state index in [1.54, 1.807) is 12.1 Å². The smallest absolute Gasteiger partial charge is 0.207 e. The van der Waals surface area contributed by atoms with Gasteiger partial charge in [0.2, 0.25) is 5.43 Å². The van der Waals surface area contributed by atoms with Gasteiger partial charge in [0, 0.05) is 5.56 Å². The molecule has 0 atom stereocenters. The van der Waals surface area contributed by atoms with Gasteiger partial charge in [-0.1, -0.05) is 42.5 Å². The van der Waals surface area contributed by atoms with Crippen LogP contribution in [-0.4, -0.2) is 0 Å². The molecule has 3 aromatic rings. The van der Waals surface area contributed by atoms with Gasteiger partial charge in [0.15, 0.2) is 5.76 Å². The van der Waals surface area contributed by atoms with E-state index in [1.165, 1.54) is 0 Å². The molecule has 3 rings (SSSR count). The van der Waals surface area contributed by atoms with Gasteiger partial charge in [-0.3, -0.25) is 4.79 Å². The topological polar surface area (TPSA) is 30.2 Å². The maximum atomic E-state index is 12.2. The van der Waals surface area contributed by atoms with Crippen LogP contribution >= 0.6 is 15.9 Å². The average Bonchev–Trinajstić information content (AvgIpc) is 2.44. The molecule has 0 fully saturated rings. The van der Waals surface area contributed by atoms with Crippen molar-refractivity contribution in [2.24, 2.45) is 0 Å². The molecule has 0 aliphatic heterocycles. The molecule has 88 valence electrons. The normalized spacial score (nSPS) is 10.7. The summed E-state index contributed by atoms with van der Waals surface area (Å²) in [6.45, 7) is 0. The molecule has 1 aromatic heterocycles. The Morgan fingerprint density at radius 1 is 0.889 bits per heavy atom. The van der Waals surface area contributed by atoms with Crippen LogP contribution in [0.4, 0.5) is 0 Å². The fourth-order valence-corrected chi connectivity index (χ4v) is 2.42. The fraction of sp³-hybridized carbons (Fsp3) is 0. The molecule has 0 N–H and O–H groups in total. The summed E-state index contributed by atoms with van der Waals surface area (Å²) in [5, 5.41) is 0.587. The van der Waals surface area contributed by atoms with Crippen molar-refractivity contribution in [1.29, 1.82) is 0 Å². The first-order valence-electron chi connectivity index (χ1n) is 5.54. The summed E-state index contributed by atoms with van der Waals surface area (Å²) < 4.78 is 6.28. The standard InChI is InChI=1S/C15H9BrO2/c16-13-14(17)11-8-4-5-9-12(11)18-15(13)10-6-2-1-3-7-10/h1-9H. The highest BCUT2D eigenvalue weighted by molar-refractivity contribution is 9.10. The zero-order valence-electron chi connectivity index (χ0n) is 9.39. The summed E-state index contributed by atoms with van der Waals surface area (Å²) in [4.78, 5) is 12.2. The van der Waals surface area contributed by atoms with Gasteiger partial charge >= 0.3 is 0 Å². The number of benzene rings is 2. The predicted molar refractivity (Wildman–Crippen MR) is 75.6 cm³/mol. The van der Waals surface area contributed by atoms with E-state index in [4.69, 9.17) is 4.42 Å². The third-order valence-electron chi connectivity index (χ3n) is 2.78. The van der Waals surface area contributed by atoms with Crippen LogP contribution in [0.1, 0.15) is 0 Å². The summed E-state index contributed by atoms with van der Waals surface area (Å²) in [6.07, 6.45) is 0. The van der Waals surface area contributed by atoms with Gasteiger partial charge in [0.05, 0.1) is 5.39 Å². The van der Waals surface area contributed by atoms with E-state index in [2.05, 4.69) is 15.9 Å². The molecule has 0 aliphatic rings. The molecule has 2 nitrogen and oxygen atoms in total. The van der Waals surface area contributed by atoms with Crippen molar-refractivity contribution in [2.75, 3.05) is 0 Å². The molecule has 1 heterocycles. The van der Waals surface area contributed by atoms with E-state index in [1.807, 2.05) is 42.5 Å². The summed E-state index contributed by atoms with van der Waals surface area (Å²) >= 11 is 3.33. The SMILES string of the molecule is O=c1c(Br)c(-c2ccccc2)oc2ccccc12. The van der Waals surface area contributed by atoms with Gasteiger partial charge < -0.3 is 4.42 Å². The lowest BCUT2D eigenvalue weighted by Crippen LogP contribution is -2.03. The maximum Gasteiger partial charge on any atom is 0.207 e. The predicted octanol–water partition coefficient (Wildman–Crippen LogP) is 4.22. The van der Waals surface area contributed by atoms with Crippen LogP contribution in [0.15, 0.2) is 68.3 Å². The largest absolute Gasteiger partial charge is 0.455 e. The Kier molecular flexibility index (Phi) is 2.76. The third kappa shape index (κ3) is 1.77. The van der Waals surface area contributed by atoms with E-state index in [9.17, 15) is 4.79 Å². The van der Waals surface area contributed by atoms with Crippen molar-refractivity contribution >= 4 is 26.9 Å². The van der Waals surface area contributed by atoms with Crippen molar-refractivity contribution in [3.8, 4) is 11.3 Å². The Balaban J connectivity index is 2.38. The summed E-state index contributed by atoms with van der Waals surface area (Å²) in [5.74, 6) is 0.569. The van der Waals surface area contributed by atoms with Crippen molar-refractivity contribution in [3.63, 3.8) is 0 Å². The number of fused-ring (bicyclic) bond motifs is 1. The minimum Gasteiger partial charge on any atom is -0.455 e. The summed E-state index contributed by atoms with van der Waals surface area (Å²) in [6, 6.07) is 16.8. The Morgan fingerprint density at radius 3 is 2.33 bits per heavy atom. The lowest BCUT2D eigenvalue weighted by molar-refractivity contribution is 0.615. The van der Waals surface area contributed by atoms with Gasteiger partial charge in [-0.25, -0.2) is 0 Å². The molecular weight excluding hydrogens is 292 g/mol. The van der Waals surface area contributed by atoms with E-state index in [-0.39, 0.29) is 5.43 Å². The second-order valence-electron chi connectivity index (χ2n) is 3.94. The third-order valence-corrected chi connectivity index (χ3v) is 3.50. The monoisotopic (exact) mass is 300 g/mol. The summed E-state index contributed by atoms with van der Waals surface area (Å²) in [7, 11) is 0. The molecule has 18 heavy (non-hydrogen) atoms. The zero-order chi connectivity index (χ0) is 12.5. The van der Waals surface area contributed by atoms with Crippen LogP contribution in [0.25, 0.3) is 22.3 Å². The molecular formula is C15H9BrO2. The van der Waals surface area contributed by atoms with Gasteiger partial charge in [0.1, 0.15) is 10.1 Å². The zero-order valence-corrected chi connectivity index (χ0v) is 11.0. The van der Waals surface area contributed by atoms with E-state index in [0.29, 0.717) is 21.2 Å². The molecule has 0 radical (unpaired) electrons. The van der Waals surface area contributed by atoms with Crippen LogP contribution in [0, 0.1) is 0 Å². The van der Waals surface area contributed by atoms with Gasteiger partial charge in [-0.2, -0.15) is 0 Å². The Labute approximate surface area is 112 Å². The van der Waals surface area contributed by atoms with Crippen molar-refractivity contribution in [3.05, 3.63) is 69.3 Å². The lowest BCUT2D eigenvalue weighted by atomic mass is 10.1. The first-order chi connectivity index (χ1) is 8.77. The average molecular weight is 301 g/mol. The number of hydrogen-bond donors (Lipinski definition) is 0. The van der Waals surface area contributed by atoms with Crippen molar-refractivity contribution in [1.82, 2.24) is 0 Å². The maximum absolute atomic E-state index is 12.2. The minimum atomic E-state index is -0.0456. The highest BCUT2D eigenvalue weighted by Gasteiger charge is 2.12. The summed E-state index contributed by atoms with van der Waals surface area (Å²) in [5.41, 5.74) is 1.44. The van der Waals surface area contributed by atoms with Crippen molar-refractivity contribution in [2.45, 2.75) is 0 Å². The van der Waals surface area contributed by atoms with E-state index >= 15 is 0 Å². The van der Waals surface area contributed by atoms with Gasteiger partial charge in [-0.15, -0.1) is 0 Å². The van der Waals surface area contributed by atoms with Crippen LogP contribution in [-0.2, 0) is 0 Å². The quantitative estimate of drug-likeness (QED) is 0.673. The van der Waals surface area contributed by atoms with E-state index in [0.717, 1.165) is 5.56 Å². The molecule has 0 saturated carbocycles. The van der Waals surface area contributed by atoms with E-state index < -0.39 is 0 Å². The fourth-order valence-electron chi connectivity index (χ4n) is 1.89. The molecule has 0 spiro atoms. The van der Waals surface area contributed by atoms with Crippen LogP contribution in [0.3, 0.4) is 0 Å². The van der Waals surface area contributed by atoms with Gasteiger partial charge in [0.25, 0.3) is 0 Å². The Bertz CT molecular complexity index is 760. The molecule has 0 aliphatic carbocycles.